The Morgan fingerprint density at radius 1 is 1.07 bits per heavy atom. The van der Waals surface area contributed by atoms with Crippen molar-refractivity contribution in [3.63, 3.8) is 0 Å². The number of fused-ring (bicyclic) bond motifs is 2. The molecule has 0 aliphatic carbocycles. The lowest BCUT2D eigenvalue weighted by Gasteiger charge is -2.26. The van der Waals surface area contributed by atoms with Gasteiger partial charge in [0.15, 0.2) is 23.0 Å². The molecule has 0 radical (unpaired) electrons. The summed E-state index contributed by atoms with van der Waals surface area (Å²) in [6.07, 6.45) is 3.35. The highest BCUT2D eigenvalue weighted by Crippen LogP contribution is 2.47. The SMILES string of the molecule is COc1cc2c(Nc3c(Cl)cc(C#CCOC4CCOC4)c4c3OCO4)ncnc2cc1OCCCN1CCOCC1. The molecule has 1 N–H and O–H groups in total. The molecular formula is C30H33ClN4O7. The van der Waals surface area contributed by atoms with Crippen LogP contribution in [-0.2, 0) is 14.2 Å². The van der Waals surface area contributed by atoms with Gasteiger partial charge in [-0.3, -0.25) is 4.90 Å². The molecule has 3 aromatic rings. The highest BCUT2D eigenvalue weighted by molar-refractivity contribution is 6.34. The van der Waals surface area contributed by atoms with Crippen LogP contribution in [-0.4, -0.2) is 94.2 Å². The molecule has 1 aromatic heterocycles. The number of benzene rings is 2. The summed E-state index contributed by atoms with van der Waals surface area (Å²) >= 11 is 6.73. The van der Waals surface area contributed by atoms with Crippen molar-refractivity contribution in [1.29, 1.82) is 0 Å². The minimum Gasteiger partial charge on any atom is -0.493 e. The van der Waals surface area contributed by atoms with Crippen LogP contribution in [0.15, 0.2) is 24.5 Å². The van der Waals surface area contributed by atoms with Crippen LogP contribution in [0.4, 0.5) is 11.5 Å². The van der Waals surface area contributed by atoms with Gasteiger partial charge in [-0.1, -0.05) is 23.4 Å². The average molecular weight is 597 g/mol. The maximum atomic E-state index is 6.73. The van der Waals surface area contributed by atoms with Gasteiger partial charge in [0.2, 0.25) is 6.79 Å². The number of anilines is 2. The molecule has 0 bridgehead atoms. The first-order valence-corrected chi connectivity index (χ1v) is 14.4. The Morgan fingerprint density at radius 3 is 2.79 bits per heavy atom. The molecule has 2 aromatic carbocycles. The zero-order valence-corrected chi connectivity index (χ0v) is 24.2. The Bertz CT molecular complexity index is 1470. The van der Waals surface area contributed by atoms with Crippen LogP contribution in [0.25, 0.3) is 10.9 Å². The summed E-state index contributed by atoms with van der Waals surface area (Å²) in [6, 6.07) is 5.46. The first-order valence-electron chi connectivity index (χ1n) is 14.0. The van der Waals surface area contributed by atoms with Gasteiger partial charge in [-0.15, -0.1) is 0 Å². The number of hydrogen-bond donors (Lipinski definition) is 1. The van der Waals surface area contributed by atoms with E-state index in [4.69, 9.17) is 44.8 Å². The van der Waals surface area contributed by atoms with E-state index in [2.05, 4.69) is 32.0 Å². The van der Waals surface area contributed by atoms with Gasteiger partial charge < -0.3 is 38.5 Å². The summed E-state index contributed by atoms with van der Waals surface area (Å²) in [7, 11) is 1.61. The largest absolute Gasteiger partial charge is 0.493 e. The minimum absolute atomic E-state index is 0.0551. The molecule has 2 saturated heterocycles. The van der Waals surface area contributed by atoms with Crippen LogP contribution in [0.1, 0.15) is 18.4 Å². The van der Waals surface area contributed by atoms with Crippen molar-refractivity contribution in [1.82, 2.24) is 14.9 Å². The average Bonchev–Trinajstić information content (AvgIpc) is 3.72. The maximum absolute atomic E-state index is 6.73. The molecule has 4 heterocycles. The summed E-state index contributed by atoms with van der Waals surface area (Å²) in [5.74, 6) is 8.85. The monoisotopic (exact) mass is 596 g/mol. The van der Waals surface area contributed by atoms with Crippen molar-refractivity contribution in [3.05, 3.63) is 35.1 Å². The number of nitrogens with one attached hydrogen (secondary N) is 1. The number of morpholine rings is 1. The van der Waals surface area contributed by atoms with Gasteiger partial charge in [0.1, 0.15) is 24.4 Å². The summed E-state index contributed by atoms with van der Waals surface area (Å²) in [5.41, 5.74) is 1.84. The zero-order valence-electron chi connectivity index (χ0n) is 23.4. The van der Waals surface area contributed by atoms with Crippen molar-refractivity contribution in [2.45, 2.75) is 18.9 Å². The maximum Gasteiger partial charge on any atom is 0.231 e. The zero-order chi connectivity index (χ0) is 28.7. The summed E-state index contributed by atoms with van der Waals surface area (Å²) in [6.45, 7) is 6.67. The first-order chi connectivity index (χ1) is 20.7. The fourth-order valence-corrected chi connectivity index (χ4v) is 5.27. The quantitative estimate of drug-likeness (QED) is 0.271. The Kier molecular flexibility index (Phi) is 9.28. The van der Waals surface area contributed by atoms with E-state index in [9.17, 15) is 0 Å². The molecule has 2 fully saturated rings. The van der Waals surface area contributed by atoms with E-state index < -0.39 is 0 Å². The van der Waals surface area contributed by atoms with Crippen LogP contribution >= 0.6 is 11.6 Å². The summed E-state index contributed by atoms with van der Waals surface area (Å²) in [5, 5.41) is 4.46. The predicted molar refractivity (Wildman–Crippen MR) is 156 cm³/mol. The highest BCUT2D eigenvalue weighted by atomic mass is 35.5. The lowest BCUT2D eigenvalue weighted by molar-refractivity contribution is 0.0357. The molecule has 1 atom stereocenters. The Balaban J connectivity index is 1.18. The van der Waals surface area contributed by atoms with Gasteiger partial charge in [0, 0.05) is 37.7 Å². The van der Waals surface area contributed by atoms with E-state index >= 15 is 0 Å². The van der Waals surface area contributed by atoms with Crippen molar-refractivity contribution < 1.29 is 33.2 Å². The molecule has 0 saturated carbocycles. The van der Waals surface area contributed by atoms with E-state index in [-0.39, 0.29) is 19.5 Å². The summed E-state index contributed by atoms with van der Waals surface area (Å²) < 4.78 is 39.8. The van der Waals surface area contributed by atoms with Gasteiger partial charge in [0.25, 0.3) is 0 Å². The second-order valence-corrected chi connectivity index (χ2v) is 10.4. The second kappa shape index (κ2) is 13.6. The Hall–Kier alpha value is -3.53. The number of halogens is 1. The first kappa shape index (κ1) is 28.6. The van der Waals surface area contributed by atoms with Crippen LogP contribution in [0.2, 0.25) is 5.02 Å². The standard InChI is InChI=1S/C30H33ClN4O7/c1-36-25-15-22-24(16-26(25)40-10-3-6-35-7-12-37-13-8-35)32-18-33-30(22)34-27-23(31)14-20(28-29(27)42-19-41-28)4-2-9-39-21-5-11-38-17-21/h14-16,18,21H,3,5-13,17,19H2,1H3,(H,32,33,34). The van der Waals surface area contributed by atoms with Gasteiger partial charge >= 0.3 is 0 Å². The Labute approximate surface area is 249 Å². The van der Waals surface area contributed by atoms with Crippen molar-refractivity contribution >= 4 is 34.0 Å². The summed E-state index contributed by atoms with van der Waals surface area (Å²) in [4.78, 5) is 11.3. The molecule has 3 aliphatic rings. The van der Waals surface area contributed by atoms with Crippen LogP contribution in [0, 0.1) is 11.8 Å². The van der Waals surface area contributed by atoms with Gasteiger partial charge in [0.05, 0.1) is 55.7 Å². The second-order valence-electron chi connectivity index (χ2n) is 9.97. The predicted octanol–water partition coefficient (Wildman–Crippen LogP) is 4.02. The van der Waals surface area contributed by atoms with E-state index in [0.29, 0.717) is 63.8 Å². The number of nitrogens with zero attached hydrogens (tertiary/aromatic N) is 3. The molecule has 11 nitrogen and oxygen atoms in total. The number of aromatic nitrogens is 2. The van der Waals surface area contributed by atoms with E-state index in [0.717, 1.165) is 57.7 Å². The van der Waals surface area contributed by atoms with Gasteiger partial charge in [-0.25, -0.2) is 9.97 Å². The fourth-order valence-electron chi connectivity index (χ4n) is 5.03. The van der Waals surface area contributed by atoms with E-state index in [1.807, 2.05) is 12.1 Å². The van der Waals surface area contributed by atoms with Crippen LogP contribution < -0.4 is 24.3 Å². The number of hydrogen-bond acceptors (Lipinski definition) is 11. The highest BCUT2D eigenvalue weighted by Gasteiger charge is 2.26. The Morgan fingerprint density at radius 2 is 1.95 bits per heavy atom. The normalized spacial score (nSPS) is 18.1. The van der Waals surface area contributed by atoms with E-state index in [1.54, 1.807) is 13.2 Å². The smallest absolute Gasteiger partial charge is 0.231 e. The van der Waals surface area contributed by atoms with Gasteiger partial charge in [-0.05, 0) is 25.0 Å². The number of rotatable bonds is 10. The van der Waals surface area contributed by atoms with Gasteiger partial charge in [-0.2, -0.15) is 0 Å². The third-order valence-corrected chi connectivity index (χ3v) is 7.54. The molecule has 222 valence electrons. The molecule has 0 spiro atoms. The number of ether oxygens (including phenoxy) is 7. The molecule has 6 rings (SSSR count). The fraction of sp³-hybridized carbons (Fsp3) is 0.467. The molecule has 1 unspecified atom stereocenters. The van der Waals surface area contributed by atoms with Crippen molar-refractivity contribution in [2.24, 2.45) is 0 Å². The topological polar surface area (TPSA) is 106 Å². The lowest BCUT2D eigenvalue weighted by Crippen LogP contribution is -2.37. The van der Waals surface area contributed by atoms with E-state index in [1.165, 1.54) is 6.33 Å². The minimum atomic E-state index is 0.0551. The van der Waals surface area contributed by atoms with Crippen molar-refractivity contribution in [3.8, 4) is 34.8 Å². The molecule has 42 heavy (non-hydrogen) atoms. The van der Waals surface area contributed by atoms with Crippen LogP contribution in [0.3, 0.4) is 0 Å². The third-order valence-electron chi connectivity index (χ3n) is 7.24. The number of methoxy groups -OCH3 is 1. The van der Waals surface area contributed by atoms with Crippen LogP contribution in [0.5, 0.6) is 23.0 Å². The molecule has 12 heteroatoms. The molecule has 0 amide bonds. The lowest BCUT2D eigenvalue weighted by atomic mass is 10.1. The molecule has 3 aliphatic heterocycles. The molecular weight excluding hydrogens is 564 g/mol. The van der Waals surface area contributed by atoms with Crippen molar-refractivity contribution in [2.75, 3.05) is 78.5 Å². The third kappa shape index (κ3) is 6.59.